The van der Waals surface area contributed by atoms with E-state index in [1.165, 1.54) is 18.4 Å². The number of nitrogens with zero attached hydrogens (tertiary/aromatic N) is 1. The first-order valence-electron chi connectivity index (χ1n) is 5.70. The zero-order valence-electron chi connectivity index (χ0n) is 9.59. The molecule has 0 radical (unpaired) electrons. The molecule has 1 heterocycles. The van der Waals surface area contributed by atoms with Crippen molar-refractivity contribution in [3.8, 4) is 0 Å². The van der Waals surface area contributed by atoms with Gasteiger partial charge in [0.2, 0.25) is 0 Å². The molecule has 1 fully saturated rings. The van der Waals surface area contributed by atoms with Gasteiger partial charge >= 0.3 is 0 Å². The number of nitro benzene ring substituents is 1. The van der Waals surface area contributed by atoms with Gasteiger partial charge in [0, 0.05) is 12.1 Å². The Morgan fingerprint density at radius 2 is 1.82 bits per heavy atom. The van der Waals surface area contributed by atoms with Crippen molar-refractivity contribution in [1.82, 2.24) is 5.32 Å². The first-order chi connectivity index (χ1) is 7.75. The van der Waals surface area contributed by atoms with Crippen LogP contribution < -0.4 is 5.32 Å². The monoisotopic (exact) mass is 256 g/mol. The van der Waals surface area contributed by atoms with Crippen molar-refractivity contribution in [2.75, 3.05) is 13.1 Å². The molecule has 0 bridgehead atoms. The third kappa shape index (κ3) is 3.98. The molecule has 1 N–H and O–H groups in total. The number of hydrogen-bond acceptors (Lipinski definition) is 3. The van der Waals surface area contributed by atoms with Crippen molar-refractivity contribution < 1.29 is 4.92 Å². The van der Waals surface area contributed by atoms with Crippen LogP contribution in [0, 0.1) is 16.0 Å². The Hall–Kier alpha value is -1.13. The summed E-state index contributed by atoms with van der Waals surface area (Å²) in [6, 6.07) is 6.94. The van der Waals surface area contributed by atoms with E-state index in [1.54, 1.807) is 12.1 Å². The van der Waals surface area contributed by atoms with Gasteiger partial charge in [-0.05, 0) is 43.8 Å². The highest BCUT2D eigenvalue weighted by Crippen LogP contribution is 2.19. The molecule has 1 aromatic rings. The molecule has 1 aliphatic heterocycles. The van der Waals surface area contributed by atoms with E-state index < -0.39 is 0 Å². The van der Waals surface area contributed by atoms with E-state index in [0.717, 1.165) is 25.4 Å². The minimum absolute atomic E-state index is 0. The summed E-state index contributed by atoms with van der Waals surface area (Å²) in [5.74, 6) is 0.725. The molecule has 0 amide bonds. The summed E-state index contributed by atoms with van der Waals surface area (Å²) in [5.41, 5.74) is 1.38. The number of benzene rings is 1. The van der Waals surface area contributed by atoms with Gasteiger partial charge in [-0.3, -0.25) is 10.1 Å². The molecular weight excluding hydrogens is 240 g/mol. The normalized spacial score (nSPS) is 16.2. The van der Waals surface area contributed by atoms with E-state index in [4.69, 9.17) is 0 Å². The third-order valence-electron chi connectivity index (χ3n) is 3.13. The standard InChI is InChI=1S/C12H16N2O2.ClH/c15-14(16)12-3-1-10(2-4-12)9-11-5-7-13-8-6-11;/h1-4,11,13H,5-9H2;1H. The number of halogens is 1. The van der Waals surface area contributed by atoms with Crippen molar-refractivity contribution >= 4 is 18.1 Å². The van der Waals surface area contributed by atoms with Crippen LogP contribution in [-0.4, -0.2) is 18.0 Å². The Kier molecular flexibility index (Phi) is 5.38. The minimum Gasteiger partial charge on any atom is -0.317 e. The lowest BCUT2D eigenvalue weighted by molar-refractivity contribution is -0.384. The van der Waals surface area contributed by atoms with Crippen molar-refractivity contribution in [1.29, 1.82) is 0 Å². The lowest BCUT2D eigenvalue weighted by Crippen LogP contribution is -2.28. The Labute approximate surface area is 107 Å². The fourth-order valence-corrected chi connectivity index (χ4v) is 2.17. The second-order valence-corrected chi connectivity index (χ2v) is 4.32. The molecule has 0 atom stereocenters. The smallest absolute Gasteiger partial charge is 0.269 e. The SMILES string of the molecule is Cl.O=[N+]([O-])c1ccc(CC2CCNCC2)cc1. The van der Waals surface area contributed by atoms with E-state index >= 15 is 0 Å². The predicted molar refractivity (Wildman–Crippen MR) is 69.6 cm³/mol. The van der Waals surface area contributed by atoms with E-state index in [-0.39, 0.29) is 23.0 Å². The van der Waals surface area contributed by atoms with Crippen LogP contribution in [0.2, 0.25) is 0 Å². The van der Waals surface area contributed by atoms with Crippen LogP contribution in [0.25, 0.3) is 0 Å². The van der Waals surface area contributed by atoms with Gasteiger partial charge in [-0.25, -0.2) is 0 Å². The van der Waals surface area contributed by atoms with Gasteiger partial charge in [0.1, 0.15) is 0 Å². The molecule has 17 heavy (non-hydrogen) atoms. The Morgan fingerprint density at radius 3 is 2.35 bits per heavy atom. The average Bonchev–Trinajstić information content (AvgIpc) is 2.31. The summed E-state index contributed by atoms with van der Waals surface area (Å²) >= 11 is 0. The van der Waals surface area contributed by atoms with Crippen LogP contribution >= 0.6 is 12.4 Å². The van der Waals surface area contributed by atoms with E-state index in [1.807, 2.05) is 12.1 Å². The molecule has 1 aromatic carbocycles. The maximum atomic E-state index is 10.5. The predicted octanol–water partition coefficient (Wildman–Crippen LogP) is 2.56. The summed E-state index contributed by atoms with van der Waals surface area (Å²) in [6.45, 7) is 2.19. The largest absolute Gasteiger partial charge is 0.317 e. The lowest BCUT2D eigenvalue weighted by atomic mass is 9.91. The number of non-ortho nitro benzene ring substituents is 1. The summed E-state index contributed by atoms with van der Waals surface area (Å²) in [4.78, 5) is 10.1. The van der Waals surface area contributed by atoms with E-state index in [2.05, 4.69) is 5.32 Å². The molecule has 0 saturated carbocycles. The molecule has 1 saturated heterocycles. The maximum Gasteiger partial charge on any atom is 0.269 e. The first kappa shape index (κ1) is 13.9. The number of hydrogen-bond donors (Lipinski definition) is 1. The van der Waals surface area contributed by atoms with Crippen LogP contribution in [0.4, 0.5) is 5.69 Å². The molecule has 2 rings (SSSR count). The number of piperidine rings is 1. The molecule has 5 heteroatoms. The number of rotatable bonds is 3. The van der Waals surface area contributed by atoms with Gasteiger partial charge in [0.05, 0.1) is 4.92 Å². The van der Waals surface area contributed by atoms with Crippen LogP contribution in [0.1, 0.15) is 18.4 Å². The Bertz CT molecular complexity index is 361. The molecular formula is C12H17ClN2O2. The molecule has 0 unspecified atom stereocenters. The fraction of sp³-hybridized carbons (Fsp3) is 0.500. The van der Waals surface area contributed by atoms with E-state index in [9.17, 15) is 10.1 Å². The Morgan fingerprint density at radius 1 is 1.24 bits per heavy atom. The van der Waals surface area contributed by atoms with Crippen molar-refractivity contribution in [2.24, 2.45) is 5.92 Å². The van der Waals surface area contributed by atoms with Crippen LogP contribution in [0.3, 0.4) is 0 Å². The average molecular weight is 257 g/mol. The lowest BCUT2D eigenvalue weighted by Gasteiger charge is -2.22. The quantitative estimate of drug-likeness (QED) is 0.668. The minimum atomic E-state index is -0.353. The van der Waals surface area contributed by atoms with Crippen molar-refractivity contribution in [3.63, 3.8) is 0 Å². The van der Waals surface area contributed by atoms with Gasteiger partial charge in [0.25, 0.3) is 5.69 Å². The number of nitrogens with one attached hydrogen (secondary N) is 1. The summed E-state index contributed by atoms with van der Waals surface area (Å²) in [7, 11) is 0. The third-order valence-corrected chi connectivity index (χ3v) is 3.13. The summed E-state index contributed by atoms with van der Waals surface area (Å²) in [5, 5.41) is 13.8. The highest BCUT2D eigenvalue weighted by Gasteiger charge is 2.13. The van der Waals surface area contributed by atoms with Crippen molar-refractivity contribution in [3.05, 3.63) is 39.9 Å². The molecule has 0 aromatic heterocycles. The molecule has 1 aliphatic rings. The van der Waals surface area contributed by atoms with Crippen LogP contribution in [0.5, 0.6) is 0 Å². The molecule has 4 nitrogen and oxygen atoms in total. The summed E-state index contributed by atoms with van der Waals surface area (Å²) in [6.07, 6.45) is 3.45. The zero-order chi connectivity index (χ0) is 11.4. The van der Waals surface area contributed by atoms with E-state index in [0.29, 0.717) is 0 Å². The van der Waals surface area contributed by atoms with Crippen LogP contribution in [0.15, 0.2) is 24.3 Å². The molecule has 0 spiro atoms. The molecule has 0 aliphatic carbocycles. The second kappa shape index (κ2) is 6.57. The first-order valence-corrected chi connectivity index (χ1v) is 5.70. The van der Waals surface area contributed by atoms with Gasteiger partial charge in [-0.2, -0.15) is 0 Å². The Balaban J connectivity index is 0.00000144. The summed E-state index contributed by atoms with van der Waals surface area (Å²) < 4.78 is 0. The zero-order valence-corrected chi connectivity index (χ0v) is 10.4. The van der Waals surface area contributed by atoms with Gasteiger partial charge in [0.15, 0.2) is 0 Å². The second-order valence-electron chi connectivity index (χ2n) is 4.32. The van der Waals surface area contributed by atoms with Gasteiger partial charge in [-0.1, -0.05) is 12.1 Å². The topological polar surface area (TPSA) is 55.2 Å². The highest BCUT2D eigenvalue weighted by atomic mass is 35.5. The highest BCUT2D eigenvalue weighted by molar-refractivity contribution is 5.85. The van der Waals surface area contributed by atoms with Crippen molar-refractivity contribution in [2.45, 2.75) is 19.3 Å². The molecule has 94 valence electrons. The van der Waals surface area contributed by atoms with Gasteiger partial charge in [-0.15, -0.1) is 12.4 Å². The fourth-order valence-electron chi connectivity index (χ4n) is 2.17. The van der Waals surface area contributed by atoms with Gasteiger partial charge < -0.3 is 5.32 Å². The number of nitro groups is 1. The maximum absolute atomic E-state index is 10.5. The van der Waals surface area contributed by atoms with Crippen LogP contribution in [-0.2, 0) is 6.42 Å².